The van der Waals surface area contributed by atoms with Crippen LogP contribution < -0.4 is 5.32 Å². The molecule has 0 unspecified atom stereocenters. The van der Waals surface area contributed by atoms with Gasteiger partial charge in [0.15, 0.2) is 5.76 Å². The minimum atomic E-state index is -4.44. The van der Waals surface area contributed by atoms with Gasteiger partial charge in [-0.2, -0.15) is 13.2 Å². The highest BCUT2D eigenvalue weighted by atomic mass is 31.2. The Balaban J connectivity index is 1.65. The fourth-order valence-corrected chi connectivity index (χ4v) is 5.37. The Morgan fingerprint density at radius 2 is 1.57 bits per heavy atom. The average Bonchev–Trinajstić information content (AvgIpc) is 3.27. The SMILES string of the molecule is CCC(CC)(c1ccc(NC(=O)CCc2cnoc2-c2ccc(C(F)(F)F)cc2)cc1)P(=O)(O)O. The van der Waals surface area contributed by atoms with E-state index in [1.54, 1.807) is 38.1 Å². The first kappa shape index (κ1) is 26.7. The molecule has 0 bridgehead atoms. The Morgan fingerprint density at radius 3 is 2.09 bits per heavy atom. The standard InChI is InChI=1S/C24H26F3N2O5P/c1-3-23(4-2,35(31,32)33)18-10-12-20(13-11-18)29-21(30)14-7-17-15-28-34-22(17)16-5-8-19(9-6-16)24(25,26)27/h5-6,8-13,15H,3-4,7,14H2,1-2H3,(H,29,30)(H2,31,32,33). The van der Waals surface area contributed by atoms with Crippen LogP contribution in [-0.2, 0) is 27.1 Å². The molecule has 1 amide bonds. The molecule has 3 rings (SSSR count). The molecule has 0 fully saturated rings. The van der Waals surface area contributed by atoms with Gasteiger partial charge in [0.1, 0.15) is 0 Å². The van der Waals surface area contributed by atoms with Crippen molar-refractivity contribution in [2.75, 3.05) is 5.32 Å². The minimum Gasteiger partial charge on any atom is -0.356 e. The maximum Gasteiger partial charge on any atom is 0.416 e. The van der Waals surface area contributed by atoms with Crippen molar-refractivity contribution in [1.29, 1.82) is 0 Å². The molecule has 0 saturated carbocycles. The maximum atomic E-state index is 12.8. The van der Waals surface area contributed by atoms with Gasteiger partial charge in [-0.05, 0) is 49.1 Å². The molecular weight excluding hydrogens is 484 g/mol. The van der Waals surface area contributed by atoms with Gasteiger partial charge in [-0.25, -0.2) is 0 Å². The lowest BCUT2D eigenvalue weighted by atomic mass is 9.92. The van der Waals surface area contributed by atoms with Crippen LogP contribution in [0.1, 0.15) is 49.8 Å². The highest BCUT2D eigenvalue weighted by molar-refractivity contribution is 7.53. The molecule has 2 aromatic carbocycles. The van der Waals surface area contributed by atoms with Crippen molar-refractivity contribution in [1.82, 2.24) is 5.16 Å². The summed E-state index contributed by atoms with van der Waals surface area (Å²) in [6.45, 7) is 3.45. The number of carbonyl (C=O) groups is 1. The number of hydrogen-bond acceptors (Lipinski definition) is 4. The highest BCUT2D eigenvalue weighted by Gasteiger charge is 2.45. The number of aromatic nitrogens is 1. The minimum absolute atomic E-state index is 0.0624. The molecule has 0 aliphatic carbocycles. The molecule has 7 nitrogen and oxygen atoms in total. The monoisotopic (exact) mass is 510 g/mol. The Hall–Kier alpha value is -2.94. The van der Waals surface area contributed by atoms with Gasteiger partial charge in [0.25, 0.3) is 0 Å². The molecular formula is C24H26F3N2O5P. The zero-order valence-electron chi connectivity index (χ0n) is 19.2. The highest BCUT2D eigenvalue weighted by Crippen LogP contribution is 2.60. The van der Waals surface area contributed by atoms with Crippen LogP contribution in [0.3, 0.4) is 0 Å². The summed E-state index contributed by atoms with van der Waals surface area (Å²) >= 11 is 0. The van der Waals surface area contributed by atoms with Crippen molar-refractivity contribution in [3.63, 3.8) is 0 Å². The molecule has 11 heteroatoms. The molecule has 3 aromatic rings. The third-order valence-electron chi connectivity index (χ3n) is 6.17. The Bertz CT molecular complexity index is 1200. The zero-order chi connectivity index (χ0) is 25.9. The van der Waals surface area contributed by atoms with Gasteiger partial charge in [0, 0.05) is 23.2 Å². The molecule has 1 heterocycles. The van der Waals surface area contributed by atoms with Crippen LogP contribution in [0.25, 0.3) is 11.3 Å². The lowest BCUT2D eigenvalue weighted by Crippen LogP contribution is -2.24. The molecule has 188 valence electrons. The van der Waals surface area contributed by atoms with Crippen LogP contribution in [-0.4, -0.2) is 20.9 Å². The van der Waals surface area contributed by atoms with Crippen LogP contribution in [0.5, 0.6) is 0 Å². The number of anilines is 1. The Kier molecular flexibility index (Phi) is 7.89. The van der Waals surface area contributed by atoms with E-state index in [9.17, 15) is 32.3 Å². The van der Waals surface area contributed by atoms with E-state index in [1.165, 1.54) is 18.3 Å². The molecule has 35 heavy (non-hydrogen) atoms. The van der Waals surface area contributed by atoms with Crippen molar-refractivity contribution < 1.29 is 36.8 Å². The summed E-state index contributed by atoms with van der Waals surface area (Å²) in [7, 11) is -4.41. The molecule has 0 saturated heterocycles. The number of rotatable bonds is 9. The Morgan fingerprint density at radius 1 is 1.00 bits per heavy atom. The summed E-state index contributed by atoms with van der Waals surface area (Å²) in [5.74, 6) is -0.0201. The van der Waals surface area contributed by atoms with Crippen molar-refractivity contribution in [2.24, 2.45) is 0 Å². The fraction of sp³-hybridized carbons (Fsp3) is 0.333. The van der Waals surface area contributed by atoms with Gasteiger partial charge in [0.05, 0.1) is 16.9 Å². The van der Waals surface area contributed by atoms with Crippen LogP contribution in [0.4, 0.5) is 18.9 Å². The first-order valence-corrected chi connectivity index (χ1v) is 12.6. The second-order valence-corrected chi connectivity index (χ2v) is 10.1. The van der Waals surface area contributed by atoms with Crippen molar-refractivity contribution >= 4 is 19.2 Å². The molecule has 0 aliphatic rings. The first-order chi connectivity index (χ1) is 16.4. The van der Waals surface area contributed by atoms with Crippen LogP contribution in [0, 0.1) is 0 Å². The average molecular weight is 510 g/mol. The molecule has 3 N–H and O–H groups in total. The van der Waals surface area contributed by atoms with E-state index in [2.05, 4.69) is 10.5 Å². The lowest BCUT2D eigenvalue weighted by Gasteiger charge is -2.33. The second-order valence-electron chi connectivity index (χ2n) is 8.16. The van der Waals surface area contributed by atoms with Gasteiger partial charge in [-0.15, -0.1) is 0 Å². The zero-order valence-corrected chi connectivity index (χ0v) is 20.1. The number of nitrogens with one attached hydrogen (secondary N) is 1. The number of aryl methyl sites for hydroxylation is 1. The number of halogens is 3. The summed E-state index contributed by atoms with van der Waals surface area (Å²) in [5.41, 5.74) is 1.19. The van der Waals surface area contributed by atoms with Gasteiger partial charge in [-0.3, -0.25) is 9.36 Å². The third kappa shape index (κ3) is 5.83. The summed E-state index contributed by atoms with van der Waals surface area (Å²) in [6.07, 6.45) is -2.18. The van der Waals surface area contributed by atoms with Gasteiger partial charge < -0.3 is 19.6 Å². The van der Waals surface area contributed by atoms with E-state index in [0.29, 0.717) is 28.1 Å². The number of nitrogens with zero attached hydrogens (tertiary/aromatic N) is 1. The predicted molar refractivity (Wildman–Crippen MR) is 125 cm³/mol. The van der Waals surface area contributed by atoms with Gasteiger partial charge in [-0.1, -0.05) is 43.3 Å². The third-order valence-corrected chi connectivity index (χ3v) is 8.18. The fourth-order valence-electron chi connectivity index (χ4n) is 4.06. The predicted octanol–water partition coefficient (Wildman–Crippen LogP) is 6.12. The summed E-state index contributed by atoms with van der Waals surface area (Å²) < 4.78 is 55.7. The number of amides is 1. The molecule has 0 radical (unpaired) electrons. The molecule has 0 aliphatic heterocycles. The number of alkyl halides is 3. The number of hydrogen-bond donors (Lipinski definition) is 3. The van der Waals surface area contributed by atoms with E-state index in [1.807, 2.05) is 0 Å². The normalized spacial score (nSPS) is 12.5. The quantitative estimate of drug-likeness (QED) is 0.299. The Labute approximate surface area is 200 Å². The smallest absolute Gasteiger partial charge is 0.356 e. The van der Waals surface area contributed by atoms with Crippen molar-refractivity contribution in [2.45, 2.75) is 50.9 Å². The largest absolute Gasteiger partial charge is 0.416 e. The number of benzene rings is 2. The summed E-state index contributed by atoms with van der Waals surface area (Å²) in [5, 5.41) is 5.16. The van der Waals surface area contributed by atoms with E-state index in [0.717, 1.165) is 12.1 Å². The number of carbonyl (C=O) groups excluding carboxylic acids is 1. The summed E-state index contributed by atoms with van der Waals surface area (Å²) in [4.78, 5) is 32.2. The van der Waals surface area contributed by atoms with Gasteiger partial charge in [0.2, 0.25) is 5.91 Å². The van der Waals surface area contributed by atoms with E-state index in [-0.39, 0.29) is 31.6 Å². The van der Waals surface area contributed by atoms with Crippen LogP contribution in [0.2, 0.25) is 0 Å². The first-order valence-electron chi connectivity index (χ1n) is 11.0. The lowest BCUT2D eigenvalue weighted by molar-refractivity contribution is -0.137. The second kappa shape index (κ2) is 10.4. The molecule has 0 atom stereocenters. The van der Waals surface area contributed by atoms with E-state index in [4.69, 9.17) is 4.52 Å². The van der Waals surface area contributed by atoms with Crippen LogP contribution in [0.15, 0.2) is 59.3 Å². The van der Waals surface area contributed by atoms with Crippen molar-refractivity contribution in [3.05, 3.63) is 71.4 Å². The summed E-state index contributed by atoms with van der Waals surface area (Å²) in [6, 6.07) is 10.9. The van der Waals surface area contributed by atoms with Gasteiger partial charge >= 0.3 is 13.8 Å². The topological polar surface area (TPSA) is 113 Å². The maximum absolute atomic E-state index is 12.8. The molecule has 0 spiro atoms. The van der Waals surface area contributed by atoms with E-state index < -0.39 is 24.5 Å². The van der Waals surface area contributed by atoms with E-state index >= 15 is 0 Å². The van der Waals surface area contributed by atoms with Crippen molar-refractivity contribution in [3.8, 4) is 11.3 Å². The van der Waals surface area contributed by atoms with Crippen LogP contribution >= 0.6 is 7.60 Å². The molecule has 1 aromatic heterocycles.